The molecule has 0 radical (unpaired) electrons. The molecule has 0 aromatic heterocycles. The summed E-state index contributed by atoms with van der Waals surface area (Å²) in [6.07, 6.45) is 0.250. The molecule has 0 saturated carbocycles. The van der Waals surface area contributed by atoms with Crippen molar-refractivity contribution in [2.75, 3.05) is 5.73 Å². The molecule has 0 aliphatic heterocycles. The van der Waals surface area contributed by atoms with Gasteiger partial charge in [0, 0.05) is 5.69 Å². The molecule has 1 aromatic rings. The number of nitrogens with two attached hydrogens (primary N) is 2. The lowest BCUT2D eigenvalue weighted by atomic mass is 10.3. The predicted octanol–water partition coefficient (Wildman–Crippen LogP) is 0.370. The zero-order valence-electron chi connectivity index (χ0n) is 5.53. The summed E-state index contributed by atoms with van der Waals surface area (Å²) in [5.74, 6) is 0. The molecule has 0 saturated heterocycles. The molecule has 0 heterocycles. The molecule has 1 aromatic carbocycles. The van der Waals surface area contributed by atoms with Crippen molar-refractivity contribution in [2.24, 2.45) is 5.73 Å². The average Bonchev–Trinajstić information content (AvgIpc) is 1.91. The van der Waals surface area contributed by atoms with Crippen LogP contribution >= 0.6 is 0 Å². The number of hydrogen-bond donors (Lipinski definition) is 2. The number of benzene rings is 1. The van der Waals surface area contributed by atoms with E-state index in [4.69, 9.17) is 10.5 Å². The fraction of sp³-hybridized carbons (Fsp3) is 0. The van der Waals surface area contributed by atoms with Gasteiger partial charge in [-0.25, -0.2) is 0 Å². The minimum absolute atomic E-state index is 0.250. The number of anilines is 1. The molecule has 0 bridgehead atoms. The number of para-hydroxylation sites is 1. The van der Waals surface area contributed by atoms with Crippen molar-refractivity contribution < 1.29 is 4.79 Å². The van der Waals surface area contributed by atoms with Crippen LogP contribution in [0.3, 0.4) is 0 Å². The smallest absolute Gasteiger partial charge is 0.204 e. The average molecular weight is 138 g/mol. The number of carbonyl (C=O) groups excluding carboxylic acids is 1. The second-order valence-electron chi connectivity index (χ2n) is 1.55. The van der Waals surface area contributed by atoms with Crippen LogP contribution in [0.4, 0.5) is 5.69 Å². The summed E-state index contributed by atoms with van der Waals surface area (Å²) in [4.78, 5) is 8.58. The van der Waals surface area contributed by atoms with Crippen LogP contribution in [-0.4, -0.2) is 6.41 Å². The van der Waals surface area contributed by atoms with Crippen molar-refractivity contribution in [3.8, 4) is 0 Å². The first kappa shape index (κ1) is 8.49. The molecule has 4 N–H and O–H groups in total. The van der Waals surface area contributed by atoms with Gasteiger partial charge in [-0.3, -0.25) is 4.79 Å². The molecule has 0 atom stereocenters. The summed E-state index contributed by atoms with van der Waals surface area (Å²) in [7, 11) is 0. The molecule has 0 spiro atoms. The lowest BCUT2D eigenvalue weighted by molar-refractivity contribution is -0.106. The van der Waals surface area contributed by atoms with Crippen molar-refractivity contribution >= 4 is 12.1 Å². The van der Waals surface area contributed by atoms with Gasteiger partial charge in [-0.1, -0.05) is 18.2 Å². The van der Waals surface area contributed by atoms with Gasteiger partial charge < -0.3 is 11.5 Å². The third-order valence-electron chi connectivity index (χ3n) is 0.800. The minimum Gasteiger partial charge on any atom is -0.399 e. The number of hydrogen-bond acceptors (Lipinski definition) is 2. The normalized spacial score (nSPS) is 7.20. The Morgan fingerprint density at radius 2 is 1.60 bits per heavy atom. The van der Waals surface area contributed by atoms with Crippen LogP contribution in [0, 0.1) is 0 Å². The number of rotatable bonds is 0. The molecule has 0 aliphatic carbocycles. The lowest BCUT2D eigenvalue weighted by Gasteiger charge is -1.83. The van der Waals surface area contributed by atoms with Crippen molar-refractivity contribution in [1.82, 2.24) is 0 Å². The zero-order chi connectivity index (χ0) is 7.82. The molecule has 0 unspecified atom stereocenters. The Morgan fingerprint density at radius 3 is 1.80 bits per heavy atom. The van der Waals surface area contributed by atoms with Gasteiger partial charge in [0.1, 0.15) is 0 Å². The monoisotopic (exact) mass is 138 g/mol. The van der Waals surface area contributed by atoms with Gasteiger partial charge in [0.15, 0.2) is 0 Å². The molecule has 54 valence electrons. The van der Waals surface area contributed by atoms with Crippen LogP contribution in [0.5, 0.6) is 0 Å². The third kappa shape index (κ3) is 4.64. The molecule has 3 nitrogen and oxygen atoms in total. The van der Waals surface area contributed by atoms with E-state index in [2.05, 4.69) is 5.73 Å². The highest BCUT2D eigenvalue weighted by molar-refractivity contribution is 5.42. The minimum atomic E-state index is 0.250. The third-order valence-corrected chi connectivity index (χ3v) is 0.800. The molecular formula is C7H10N2O. The predicted molar refractivity (Wildman–Crippen MR) is 41.1 cm³/mol. The first-order valence-electron chi connectivity index (χ1n) is 2.77. The topological polar surface area (TPSA) is 69.1 Å². The molecule has 0 aliphatic rings. The van der Waals surface area contributed by atoms with E-state index >= 15 is 0 Å². The summed E-state index contributed by atoms with van der Waals surface area (Å²) in [5, 5.41) is 0. The molecule has 1 rings (SSSR count). The number of amides is 1. The van der Waals surface area contributed by atoms with Gasteiger partial charge in [0.2, 0.25) is 6.41 Å². The van der Waals surface area contributed by atoms with E-state index in [-0.39, 0.29) is 6.41 Å². The van der Waals surface area contributed by atoms with Crippen LogP contribution < -0.4 is 11.5 Å². The summed E-state index contributed by atoms with van der Waals surface area (Å²) in [6, 6.07) is 9.49. The second-order valence-corrected chi connectivity index (χ2v) is 1.55. The standard InChI is InChI=1S/C6H7N.CH3NO/c7-6-4-2-1-3-5-6;2-1-3/h1-5H,7H2;1H,(H2,2,3). The molecule has 0 fully saturated rings. The largest absolute Gasteiger partial charge is 0.399 e. The van der Waals surface area contributed by atoms with Crippen LogP contribution in [-0.2, 0) is 4.79 Å². The lowest BCUT2D eigenvalue weighted by Crippen LogP contribution is -1.82. The van der Waals surface area contributed by atoms with Crippen molar-refractivity contribution in [1.29, 1.82) is 0 Å². The second kappa shape index (κ2) is 5.62. The zero-order valence-corrected chi connectivity index (χ0v) is 5.53. The van der Waals surface area contributed by atoms with E-state index in [1.54, 1.807) is 0 Å². The maximum atomic E-state index is 8.58. The maximum Gasteiger partial charge on any atom is 0.204 e. The van der Waals surface area contributed by atoms with E-state index in [9.17, 15) is 0 Å². The SMILES string of the molecule is NC=O.Nc1ccccc1. The van der Waals surface area contributed by atoms with Crippen LogP contribution in [0.25, 0.3) is 0 Å². The molecular weight excluding hydrogens is 128 g/mol. The Bertz CT molecular complexity index is 174. The van der Waals surface area contributed by atoms with E-state index in [0.717, 1.165) is 5.69 Å². The van der Waals surface area contributed by atoms with Gasteiger partial charge in [0.25, 0.3) is 0 Å². The maximum absolute atomic E-state index is 8.58. The Kier molecular flexibility index (Phi) is 4.77. The highest BCUT2D eigenvalue weighted by atomic mass is 16.1. The van der Waals surface area contributed by atoms with Crippen LogP contribution in [0.1, 0.15) is 0 Å². The summed E-state index contributed by atoms with van der Waals surface area (Å²) in [5.41, 5.74) is 10.3. The van der Waals surface area contributed by atoms with Crippen LogP contribution in [0.2, 0.25) is 0 Å². The molecule has 1 amide bonds. The quantitative estimate of drug-likeness (QED) is 0.401. The van der Waals surface area contributed by atoms with Crippen LogP contribution in [0.15, 0.2) is 30.3 Å². The van der Waals surface area contributed by atoms with Crippen molar-refractivity contribution in [3.05, 3.63) is 30.3 Å². The fourth-order valence-corrected chi connectivity index (χ4v) is 0.453. The summed E-state index contributed by atoms with van der Waals surface area (Å²) >= 11 is 0. The number of carbonyl (C=O) groups is 1. The fourth-order valence-electron chi connectivity index (χ4n) is 0.453. The van der Waals surface area contributed by atoms with E-state index in [0.29, 0.717) is 0 Å². The highest BCUT2D eigenvalue weighted by Gasteiger charge is 1.72. The van der Waals surface area contributed by atoms with E-state index < -0.39 is 0 Å². The Balaban J connectivity index is 0.000000236. The van der Waals surface area contributed by atoms with E-state index in [1.165, 1.54) is 0 Å². The highest BCUT2D eigenvalue weighted by Crippen LogP contribution is 1.95. The van der Waals surface area contributed by atoms with Crippen molar-refractivity contribution in [2.45, 2.75) is 0 Å². The van der Waals surface area contributed by atoms with E-state index in [1.807, 2.05) is 30.3 Å². The van der Waals surface area contributed by atoms with Gasteiger partial charge in [-0.2, -0.15) is 0 Å². The number of primary amides is 1. The summed E-state index contributed by atoms with van der Waals surface area (Å²) < 4.78 is 0. The first-order chi connectivity index (χ1) is 4.81. The number of nitrogen functional groups attached to an aromatic ring is 1. The Labute approximate surface area is 59.6 Å². The molecule has 3 heteroatoms. The van der Waals surface area contributed by atoms with Gasteiger partial charge >= 0.3 is 0 Å². The summed E-state index contributed by atoms with van der Waals surface area (Å²) in [6.45, 7) is 0. The molecule has 10 heavy (non-hydrogen) atoms. The van der Waals surface area contributed by atoms with Crippen molar-refractivity contribution in [3.63, 3.8) is 0 Å². The van der Waals surface area contributed by atoms with Gasteiger partial charge in [-0.15, -0.1) is 0 Å². The van der Waals surface area contributed by atoms with Gasteiger partial charge in [-0.05, 0) is 12.1 Å². The first-order valence-corrected chi connectivity index (χ1v) is 2.77. The Hall–Kier alpha value is -1.51. The Morgan fingerprint density at radius 1 is 1.20 bits per heavy atom. The van der Waals surface area contributed by atoms with Gasteiger partial charge in [0.05, 0.1) is 0 Å².